The first kappa shape index (κ1) is 18.4. The molecule has 2 aliphatic rings. The molecule has 0 unspecified atom stereocenters. The van der Waals surface area contributed by atoms with Crippen LogP contribution in [-0.2, 0) is 22.6 Å². The highest BCUT2D eigenvalue weighted by Gasteiger charge is 2.47. The van der Waals surface area contributed by atoms with Gasteiger partial charge in [-0.3, -0.25) is 9.88 Å². The standard InChI is InChI=1S/C22H28N2O3/c1-17-6-8-23-12-19(17)14-26-21-7-9-27-22(11-21)15-24(16-22)13-18-4-3-5-20(10-18)25-2/h3-6,8,10,12,21H,7,9,11,13-16H2,1-2H3/t21-/m1/s1. The Hall–Kier alpha value is -1.95. The minimum Gasteiger partial charge on any atom is -0.497 e. The first-order chi connectivity index (χ1) is 13.2. The Morgan fingerprint density at radius 1 is 1.30 bits per heavy atom. The minimum absolute atomic E-state index is 0.0359. The van der Waals surface area contributed by atoms with Gasteiger partial charge in [-0.25, -0.2) is 0 Å². The molecule has 2 fully saturated rings. The van der Waals surface area contributed by atoms with Gasteiger partial charge in [0.1, 0.15) is 5.75 Å². The number of hydrogen-bond donors (Lipinski definition) is 0. The van der Waals surface area contributed by atoms with Crippen LogP contribution in [0.2, 0.25) is 0 Å². The van der Waals surface area contributed by atoms with E-state index >= 15 is 0 Å². The molecule has 2 saturated heterocycles. The maximum absolute atomic E-state index is 6.21. The van der Waals surface area contributed by atoms with E-state index in [0.717, 1.165) is 44.8 Å². The molecule has 1 atom stereocenters. The third-order valence-corrected chi connectivity index (χ3v) is 5.63. The fraction of sp³-hybridized carbons (Fsp3) is 0.500. The molecule has 0 aliphatic carbocycles. The number of rotatable bonds is 6. The van der Waals surface area contributed by atoms with Crippen LogP contribution in [-0.4, -0.2) is 48.4 Å². The SMILES string of the molecule is COc1cccc(CN2CC3(C[C@H](OCc4cnccc4C)CCO3)C2)c1. The molecule has 5 nitrogen and oxygen atoms in total. The summed E-state index contributed by atoms with van der Waals surface area (Å²) in [5, 5.41) is 0. The number of aromatic nitrogens is 1. The molecule has 4 rings (SSSR count). The molecular weight excluding hydrogens is 340 g/mol. The molecule has 1 aromatic carbocycles. The normalized spacial score (nSPS) is 21.8. The molecule has 3 heterocycles. The summed E-state index contributed by atoms with van der Waals surface area (Å²) in [5.41, 5.74) is 3.65. The molecule has 2 aliphatic heterocycles. The van der Waals surface area contributed by atoms with Gasteiger partial charge >= 0.3 is 0 Å². The molecule has 144 valence electrons. The molecule has 0 bridgehead atoms. The Morgan fingerprint density at radius 3 is 3.00 bits per heavy atom. The van der Waals surface area contributed by atoms with E-state index in [1.165, 1.54) is 16.7 Å². The third kappa shape index (κ3) is 4.32. The van der Waals surface area contributed by atoms with E-state index < -0.39 is 0 Å². The smallest absolute Gasteiger partial charge is 0.119 e. The number of nitrogens with zero attached hydrogens (tertiary/aromatic N) is 2. The van der Waals surface area contributed by atoms with Gasteiger partial charge in [-0.1, -0.05) is 12.1 Å². The largest absolute Gasteiger partial charge is 0.497 e. The first-order valence-corrected chi connectivity index (χ1v) is 9.66. The predicted octanol–water partition coefficient (Wildman–Crippen LogP) is 3.35. The number of aryl methyl sites for hydroxylation is 1. The summed E-state index contributed by atoms with van der Waals surface area (Å²) in [7, 11) is 1.71. The van der Waals surface area contributed by atoms with Crippen molar-refractivity contribution in [2.75, 3.05) is 26.8 Å². The topological polar surface area (TPSA) is 43.8 Å². The summed E-state index contributed by atoms with van der Waals surface area (Å²) in [6.45, 7) is 6.39. The Kier molecular flexibility index (Phi) is 5.43. The number of methoxy groups -OCH3 is 1. The van der Waals surface area contributed by atoms with E-state index in [-0.39, 0.29) is 11.7 Å². The van der Waals surface area contributed by atoms with Crippen molar-refractivity contribution in [3.05, 3.63) is 59.4 Å². The number of pyridine rings is 1. The van der Waals surface area contributed by atoms with E-state index in [1.807, 2.05) is 30.6 Å². The van der Waals surface area contributed by atoms with E-state index in [4.69, 9.17) is 14.2 Å². The van der Waals surface area contributed by atoms with Crippen LogP contribution in [0.5, 0.6) is 5.75 Å². The number of hydrogen-bond acceptors (Lipinski definition) is 5. The fourth-order valence-corrected chi connectivity index (χ4v) is 4.11. The maximum Gasteiger partial charge on any atom is 0.119 e. The van der Waals surface area contributed by atoms with Gasteiger partial charge in [0.05, 0.1) is 25.4 Å². The quantitative estimate of drug-likeness (QED) is 0.782. The monoisotopic (exact) mass is 368 g/mol. The average Bonchev–Trinajstić information content (AvgIpc) is 2.67. The maximum atomic E-state index is 6.21. The van der Waals surface area contributed by atoms with Crippen molar-refractivity contribution in [2.45, 2.75) is 44.6 Å². The zero-order valence-electron chi connectivity index (χ0n) is 16.2. The number of benzene rings is 1. The number of ether oxygens (including phenoxy) is 3. The van der Waals surface area contributed by atoms with E-state index in [2.05, 4.69) is 28.9 Å². The minimum atomic E-state index is -0.0359. The van der Waals surface area contributed by atoms with Crippen LogP contribution in [0.3, 0.4) is 0 Å². The van der Waals surface area contributed by atoms with Crippen LogP contribution in [0.15, 0.2) is 42.7 Å². The van der Waals surface area contributed by atoms with Crippen molar-refractivity contribution in [3.63, 3.8) is 0 Å². The van der Waals surface area contributed by atoms with Crippen molar-refractivity contribution in [3.8, 4) is 5.75 Å². The van der Waals surface area contributed by atoms with Gasteiger partial charge in [-0.2, -0.15) is 0 Å². The van der Waals surface area contributed by atoms with E-state index in [1.54, 1.807) is 7.11 Å². The molecule has 0 amide bonds. The van der Waals surface area contributed by atoms with Gasteiger partial charge in [0.2, 0.25) is 0 Å². The van der Waals surface area contributed by atoms with Gasteiger partial charge < -0.3 is 14.2 Å². The second kappa shape index (κ2) is 7.97. The summed E-state index contributed by atoms with van der Waals surface area (Å²) in [5.74, 6) is 0.913. The van der Waals surface area contributed by atoms with Crippen LogP contribution >= 0.6 is 0 Å². The highest BCUT2D eigenvalue weighted by atomic mass is 16.5. The van der Waals surface area contributed by atoms with Crippen LogP contribution in [0.25, 0.3) is 0 Å². The lowest BCUT2D eigenvalue weighted by atomic mass is 9.84. The second-order valence-electron chi connectivity index (χ2n) is 7.76. The van der Waals surface area contributed by atoms with Gasteiger partial charge in [0.25, 0.3) is 0 Å². The van der Waals surface area contributed by atoms with Gasteiger partial charge in [-0.05, 0) is 48.2 Å². The highest BCUT2D eigenvalue weighted by Crippen LogP contribution is 2.36. The average molecular weight is 368 g/mol. The van der Waals surface area contributed by atoms with Crippen molar-refractivity contribution < 1.29 is 14.2 Å². The van der Waals surface area contributed by atoms with Crippen molar-refractivity contribution in [1.29, 1.82) is 0 Å². The molecule has 1 aromatic heterocycles. The Balaban J connectivity index is 1.28. The zero-order valence-corrected chi connectivity index (χ0v) is 16.2. The van der Waals surface area contributed by atoms with E-state index in [0.29, 0.717) is 6.61 Å². The highest BCUT2D eigenvalue weighted by molar-refractivity contribution is 5.28. The molecule has 0 radical (unpaired) electrons. The molecule has 27 heavy (non-hydrogen) atoms. The van der Waals surface area contributed by atoms with Gasteiger partial charge in [0, 0.05) is 45.1 Å². The van der Waals surface area contributed by atoms with E-state index in [9.17, 15) is 0 Å². The summed E-state index contributed by atoms with van der Waals surface area (Å²) in [6.07, 6.45) is 5.94. The van der Waals surface area contributed by atoms with Crippen LogP contribution in [0.1, 0.15) is 29.5 Å². The zero-order chi connectivity index (χ0) is 18.7. The lowest BCUT2D eigenvalue weighted by Gasteiger charge is -2.53. The lowest BCUT2D eigenvalue weighted by molar-refractivity contribution is -0.200. The summed E-state index contributed by atoms with van der Waals surface area (Å²) in [4.78, 5) is 6.64. The first-order valence-electron chi connectivity index (χ1n) is 9.66. The Labute approximate surface area is 161 Å². The van der Waals surface area contributed by atoms with Gasteiger partial charge in [0.15, 0.2) is 0 Å². The van der Waals surface area contributed by atoms with Crippen LogP contribution in [0.4, 0.5) is 0 Å². The predicted molar refractivity (Wildman–Crippen MR) is 104 cm³/mol. The Morgan fingerprint density at radius 2 is 2.19 bits per heavy atom. The summed E-state index contributed by atoms with van der Waals surface area (Å²) < 4.78 is 17.7. The second-order valence-corrected chi connectivity index (χ2v) is 7.76. The lowest BCUT2D eigenvalue weighted by Crippen LogP contribution is -2.65. The van der Waals surface area contributed by atoms with Crippen LogP contribution in [0, 0.1) is 6.92 Å². The number of likely N-dealkylation sites (tertiary alicyclic amines) is 1. The molecule has 1 spiro atoms. The summed E-state index contributed by atoms with van der Waals surface area (Å²) >= 11 is 0. The fourth-order valence-electron chi connectivity index (χ4n) is 4.11. The molecule has 2 aromatic rings. The third-order valence-electron chi connectivity index (χ3n) is 5.63. The molecule has 5 heteroatoms. The van der Waals surface area contributed by atoms with Crippen molar-refractivity contribution >= 4 is 0 Å². The van der Waals surface area contributed by atoms with Gasteiger partial charge in [-0.15, -0.1) is 0 Å². The molecular formula is C22H28N2O3. The molecule has 0 N–H and O–H groups in total. The summed E-state index contributed by atoms with van der Waals surface area (Å²) in [6, 6.07) is 10.3. The van der Waals surface area contributed by atoms with Crippen LogP contribution < -0.4 is 4.74 Å². The van der Waals surface area contributed by atoms with Crippen molar-refractivity contribution in [2.24, 2.45) is 0 Å². The Bertz CT molecular complexity index is 774. The van der Waals surface area contributed by atoms with Crippen molar-refractivity contribution in [1.82, 2.24) is 9.88 Å². The molecule has 0 saturated carbocycles.